The first-order chi connectivity index (χ1) is 10.8. The molecule has 1 aromatic carbocycles. The van der Waals surface area contributed by atoms with Crippen molar-refractivity contribution in [1.29, 1.82) is 0 Å². The Labute approximate surface area is 138 Å². The van der Waals surface area contributed by atoms with Crippen LogP contribution in [-0.2, 0) is 16.6 Å². The molecule has 1 heterocycles. The van der Waals surface area contributed by atoms with Crippen molar-refractivity contribution in [3.63, 3.8) is 0 Å². The Morgan fingerprint density at radius 2 is 2.00 bits per heavy atom. The molecule has 1 atom stereocenters. The van der Waals surface area contributed by atoms with Crippen molar-refractivity contribution in [2.75, 3.05) is 39.5 Å². The Balaban J connectivity index is 1.93. The molecule has 0 radical (unpaired) electrons. The summed E-state index contributed by atoms with van der Waals surface area (Å²) in [6.07, 6.45) is 0.471. The fourth-order valence-corrected chi connectivity index (χ4v) is 4.14. The average Bonchev–Trinajstić information content (AvgIpc) is 2.90. The van der Waals surface area contributed by atoms with Crippen LogP contribution in [0.3, 0.4) is 0 Å². The molecule has 0 bridgehead atoms. The van der Waals surface area contributed by atoms with Gasteiger partial charge in [0.05, 0.1) is 18.5 Å². The van der Waals surface area contributed by atoms with Gasteiger partial charge >= 0.3 is 0 Å². The van der Waals surface area contributed by atoms with Gasteiger partial charge in [0.2, 0.25) is 10.0 Å². The summed E-state index contributed by atoms with van der Waals surface area (Å²) in [6.45, 7) is 3.32. The highest BCUT2D eigenvalue weighted by Gasteiger charge is 2.41. The largest absolute Gasteiger partial charge is 0.497 e. The van der Waals surface area contributed by atoms with E-state index in [1.165, 1.54) is 4.31 Å². The highest BCUT2D eigenvalue weighted by molar-refractivity contribution is 7.89. The zero-order valence-electron chi connectivity index (χ0n) is 14.0. The summed E-state index contributed by atoms with van der Waals surface area (Å²) in [5.74, 6) is 0.886. The van der Waals surface area contributed by atoms with Gasteiger partial charge in [0.15, 0.2) is 0 Å². The van der Waals surface area contributed by atoms with Crippen molar-refractivity contribution in [3.05, 3.63) is 29.8 Å². The molecule has 2 rings (SSSR count). The standard InChI is InChI=1S/C16H26N2O4S/c1-4-23(20,21)18-10-9-16(19,13-18)12-17(2)11-14-5-7-15(22-3)8-6-14/h5-8,19H,4,9-13H2,1-3H3/t16-/m0/s1. The first-order valence-corrected chi connectivity index (χ1v) is 9.40. The van der Waals surface area contributed by atoms with Crippen molar-refractivity contribution in [1.82, 2.24) is 9.21 Å². The lowest BCUT2D eigenvalue weighted by molar-refractivity contribution is 0.0219. The number of likely N-dealkylation sites (N-methyl/N-ethyl adjacent to an activating group) is 1. The van der Waals surface area contributed by atoms with E-state index in [0.29, 0.717) is 26.1 Å². The number of sulfonamides is 1. The van der Waals surface area contributed by atoms with Gasteiger partial charge in [-0.2, -0.15) is 4.31 Å². The number of hydrogen-bond acceptors (Lipinski definition) is 5. The minimum atomic E-state index is -3.23. The second-order valence-electron chi connectivity index (χ2n) is 6.23. The van der Waals surface area contributed by atoms with Gasteiger partial charge in [-0.1, -0.05) is 12.1 Å². The number of aliphatic hydroxyl groups is 1. The van der Waals surface area contributed by atoms with Crippen LogP contribution < -0.4 is 4.74 Å². The van der Waals surface area contributed by atoms with E-state index in [0.717, 1.165) is 11.3 Å². The Bertz CT molecular complexity index is 617. The zero-order chi connectivity index (χ0) is 17.1. The molecule has 1 aliphatic heterocycles. The van der Waals surface area contributed by atoms with Crippen molar-refractivity contribution < 1.29 is 18.3 Å². The third-order valence-electron chi connectivity index (χ3n) is 4.23. The number of hydrogen-bond donors (Lipinski definition) is 1. The fourth-order valence-electron chi connectivity index (χ4n) is 2.97. The maximum absolute atomic E-state index is 11.9. The van der Waals surface area contributed by atoms with Crippen molar-refractivity contribution >= 4 is 10.0 Å². The molecule has 0 aliphatic carbocycles. The molecule has 1 fully saturated rings. The van der Waals surface area contributed by atoms with E-state index in [9.17, 15) is 13.5 Å². The lowest BCUT2D eigenvalue weighted by Gasteiger charge is -2.29. The van der Waals surface area contributed by atoms with Gasteiger partial charge in [-0.15, -0.1) is 0 Å². The Morgan fingerprint density at radius 1 is 1.35 bits per heavy atom. The first-order valence-electron chi connectivity index (χ1n) is 7.80. The van der Waals surface area contributed by atoms with E-state index in [4.69, 9.17) is 4.74 Å². The summed E-state index contributed by atoms with van der Waals surface area (Å²) in [5.41, 5.74) is 0.136. The molecule has 1 aliphatic rings. The topological polar surface area (TPSA) is 70.1 Å². The quantitative estimate of drug-likeness (QED) is 0.798. The highest BCUT2D eigenvalue weighted by Crippen LogP contribution is 2.25. The first kappa shape index (κ1) is 18.2. The second kappa shape index (κ2) is 7.17. The van der Waals surface area contributed by atoms with Crippen LogP contribution in [0.2, 0.25) is 0 Å². The van der Waals surface area contributed by atoms with Gasteiger partial charge in [0.25, 0.3) is 0 Å². The molecule has 1 saturated heterocycles. The molecule has 23 heavy (non-hydrogen) atoms. The third kappa shape index (κ3) is 4.67. The number of rotatable bonds is 7. The Morgan fingerprint density at radius 3 is 2.57 bits per heavy atom. The predicted octanol–water partition coefficient (Wildman–Crippen LogP) is 0.914. The summed E-state index contributed by atoms with van der Waals surface area (Å²) in [5, 5.41) is 10.7. The van der Waals surface area contributed by atoms with Gasteiger partial charge in [0.1, 0.15) is 5.75 Å². The lowest BCUT2D eigenvalue weighted by Crippen LogP contribution is -2.44. The van der Waals surface area contributed by atoms with E-state index in [-0.39, 0.29) is 12.3 Å². The van der Waals surface area contributed by atoms with Crippen LogP contribution in [0.25, 0.3) is 0 Å². The van der Waals surface area contributed by atoms with Crippen LogP contribution in [0, 0.1) is 0 Å². The molecule has 1 N–H and O–H groups in total. The SMILES string of the molecule is CCS(=O)(=O)N1CC[C@](O)(CN(C)Cc2ccc(OC)cc2)C1. The van der Waals surface area contributed by atoms with Crippen molar-refractivity contribution in [3.8, 4) is 5.75 Å². The van der Waals surface area contributed by atoms with Gasteiger partial charge in [-0.25, -0.2) is 8.42 Å². The summed E-state index contributed by atoms with van der Waals surface area (Å²) in [6, 6.07) is 7.79. The lowest BCUT2D eigenvalue weighted by atomic mass is 10.0. The second-order valence-corrected chi connectivity index (χ2v) is 8.49. The molecule has 1 aromatic rings. The van der Waals surface area contributed by atoms with Crippen LogP contribution in [0.4, 0.5) is 0 Å². The van der Waals surface area contributed by atoms with Crippen LogP contribution in [-0.4, -0.2) is 67.9 Å². The van der Waals surface area contributed by atoms with Crippen LogP contribution in [0.5, 0.6) is 5.75 Å². The van der Waals surface area contributed by atoms with Gasteiger partial charge < -0.3 is 9.84 Å². The molecule has 0 amide bonds. The molecule has 0 aromatic heterocycles. The monoisotopic (exact) mass is 342 g/mol. The maximum Gasteiger partial charge on any atom is 0.213 e. The minimum absolute atomic E-state index is 0.0742. The molecular weight excluding hydrogens is 316 g/mol. The molecule has 130 valence electrons. The van der Waals surface area contributed by atoms with Gasteiger partial charge in [0, 0.05) is 26.2 Å². The molecule has 0 spiro atoms. The maximum atomic E-state index is 11.9. The predicted molar refractivity (Wildman–Crippen MR) is 89.9 cm³/mol. The van der Waals surface area contributed by atoms with E-state index in [1.807, 2.05) is 36.2 Å². The normalized spacial score (nSPS) is 22.7. The smallest absolute Gasteiger partial charge is 0.213 e. The summed E-state index contributed by atoms with van der Waals surface area (Å²) in [4.78, 5) is 2.02. The highest BCUT2D eigenvalue weighted by atomic mass is 32.2. The van der Waals surface area contributed by atoms with Gasteiger partial charge in [-0.05, 0) is 38.1 Å². The summed E-state index contributed by atoms with van der Waals surface area (Å²) >= 11 is 0. The molecule has 7 heteroatoms. The van der Waals surface area contributed by atoms with Crippen molar-refractivity contribution in [2.24, 2.45) is 0 Å². The van der Waals surface area contributed by atoms with Gasteiger partial charge in [-0.3, -0.25) is 4.90 Å². The van der Waals surface area contributed by atoms with Crippen LogP contribution in [0.1, 0.15) is 18.9 Å². The minimum Gasteiger partial charge on any atom is -0.497 e. The number of methoxy groups -OCH3 is 1. The number of ether oxygens (including phenoxy) is 1. The summed E-state index contributed by atoms with van der Waals surface area (Å²) in [7, 11) is 0.331. The fraction of sp³-hybridized carbons (Fsp3) is 0.625. The van der Waals surface area contributed by atoms with E-state index < -0.39 is 15.6 Å². The Hall–Kier alpha value is -1.15. The molecule has 6 nitrogen and oxygen atoms in total. The summed E-state index contributed by atoms with van der Waals surface area (Å²) < 4.78 is 30.4. The van der Waals surface area contributed by atoms with Crippen LogP contribution in [0.15, 0.2) is 24.3 Å². The van der Waals surface area contributed by atoms with Crippen LogP contribution >= 0.6 is 0 Å². The molecular formula is C16H26N2O4S. The number of nitrogens with zero attached hydrogens (tertiary/aromatic N) is 2. The zero-order valence-corrected chi connectivity index (χ0v) is 14.8. The van der Waals surface area contributed by atoms with Crippen molar-refractivity contribution in [2.45, 2.75) is 25.5 Å². The van der Waals surface area contributed by atoms with E-state index in [2.05, 4.69) is 0 Å². The number of benzene rings is 1. The molecule has 0 unspecified atom stereocenters. The Kier molecular flexibility index (Phi) is 5.67. The third-order valence-corrected chi connectivity index (χ3v) is 6.06. The number of β-amino-alcohol motifs (C(OH)–C–C–N with tert-alkyl or cyclic N) is 1. The van der Waals surface area contributed by atoms with E-state index >= 15 is 0 Å². The molecule has 0 saturated carbocycles. The average molecular weight is 342 g/mol. The van der Waals surface area contributed by atoms with E-state index in [1.54, 1.807) is 14.0 Å².